The Hall–Kier alpha value is -2.12. The summed E-state index contributed by atoms with van der Waals surface area (Å²) in [6.07, 6.45) is 1.36. The Morgan fingerprint density at radius 3 is 3.19 bits per heavy atom. The van der Waals surface area contributed by atoms with Gasteiger partial charge in [0.05, 0.1) is 25.5 Å². The lowest BCUT2D eigenvalue weighted by molar-refractivity contribution is -0.392. The van der Waals surface area contributed by atoms with E-state index in [-0.39, 0.29) is 19.0 Å². The van der Waals surface area contributed by atoms with Crippen molar-refractivity contribution in [3.05, 3.63) is 32.8 Å². The highest BCUT2D eigenvalue weighted by molar-refractivity contribution is 5.15. The summed E-state index contributed by atoms with van der Waals surface area (Å²) in [6.45, 7) is 1.11. The Morgan fingerprint density at radius 1 is 1.69 bits per heavy atom. The minimum absolute atomic E-state index is 0.0707. The van der Waals surface area contributed by atoms with Crippen LogP contribution in [0.2, 0.25) is 0 Å². The molecule has 1 rings (SSSR count). The Kier molecular flexibility index (Phi) is 4.77. The zero-order valence-electron chi connectivity index (χ0n) is 8.39. The van der Waals surface area contributed by atoms with Crippen LogP contribution in [0, 0.1) is 10.1 Å². The van der Waals surface area contributed by atoms with Crippen molar-refractivity contribution in [1.82, 2.24) is 9.78 Å². The second kappa shape index (κ2) is 6.38. The molecule has 0 amide bonds. The Balaban J connectivity index is 2.29. The fourth-order valence-corrected chi connectivity index (χ4v) is 1.06. The number of nitrogens with zero attached hydrogens (tertiary/aromatic N) is 6. The van der Waals surface area contributed by atoms with Crippen LogP contribution in [0.4, 0.5) is 5.82 Å². The Morgan fingerprint density at radius 2 is 2.50 bits per heavy atom. The minimum atomic E-state index is -0.507. The number of aromatic nitrogens is 2. The molecule has 0 saturated carbocycles. The highest BCUT2D eigenvalue weighted by Crippen LogP contribution is 2.08. The first-order valence-electron chi connectivity index (χ1n) is 4.50. The number of azide groups is 1. The van der Waals surface area contributed by atoms with E-state index in [1.165, 1.54) is 16.9 Å². The monoisotopic (exact) mass is 226 g/mol. The van der Waals surface area contributed by atoms with Crippen LogP contribution in [0.15, 0.2) is 17.4 Å². The van der Waals surface area contributed by atoms with E-state index >= 15 is 0 Å². The summed E-state index contributed by atoms with van der Waals surface area (Å²) >= 11 is 0. The summed E-state index contributed by atoms with van der Waals surface area (Å²) in [6, 6.07) is 1.32. The maximum atomic E-state index is 10.5. The first-order valence-corrected chi connectivity index (χ1v) is 4.50. The number of hydrogen-bond acceptors (Lipinski definition) is 5. The van der Waals surface area contributed by atoms with Crippen LogP contribution in [0.3, 0.4) is 0 Å². The maximum absolute atomic E-state index is 10.5. The summed E-state index contributed by atoms with van der Waals surface area (Å²) in [4.78, 5) is 12.6. The van der Waals surface area contributed by atoms with Gasteiger partial charge in [0.1, 0.15) is 6.54 Å². The van der Waals surface area contributed by atoms with Gasteiger partial charge in [-0.1, -0.05) is 10.2 Å². The van der Waals surface area contributed by atoms with E-state index < -0.39 is 4.92 Å². The van der Waals surface area contributed by atoms with Gasteiger partial charge in [-0.3, -0.25) is 0 Å². The van der Waals surface area contributed by atoms with Crippen LogP contribution in [0.1, 0.15) is 0 Å². The Labute approximate surface area is 90.4 Å². The largest absolute Gasteiger partial charge is 0.377 e. The summed E-state index contributed by atoms with van der Waals surface area (Å²) < 4.78 is 6.34. The molecule has 1 aromatic rings. The lowest BCUT2D eigenvalue weighted by atomic mass is 10.6. The van der Waals surface area contributed by atoms with Crippen LogP contribution in [-0.2, 0) is 11.3 Å². The van der Waals surface area contributed by atoms with Gasteiger partial charge in [0, 0.05) is 11.5 Å². The Bertz CT molecular complexity index is 397. The van der Waals surface area contributed by atoms with Crippen LogP contribution in [0.25, 0.3) is 10.4 Å². The molecule has 0 bridgehead atoms. The molecule has 16 heavy (non-hydrogen) atoms. The normalized spacial score (nSPS) is 9.75. The molecule has 0 N–H and O–H groups in total. The molecule has 1 heterocycles. The fraction of sp³-hybridized carbons (Fsp3) is 0.571. The molecule has 0 aliphatic heterocycles. The van der Waals surface area contributed by atoms with Crippen molar-refractivity contribution in [3.63, 3.8) is 0 Å². The summed E-state index contributed by atoms with van der Waals surface area (Å²) in [7, 11) is 0. The van der Waals surface area contributed by atoms with Gasteiger partial charge in [0.2, 0.25) is 0 Å². The predicted molar refractivity (Wildman–Crippen MR) is 53.7 cm³/mol. The van der Waals surface area contributed by atoms with Gasteiger partial charge in [-0.25, -0.2) is 0 Å². The van der Waals surface area contributed by atoms with E-state index in [1.54, 1.807) is 0 Å². The third kappa shape index (κ3) is 3.56. The van der Waals surface area contributed by atoms with Gasteiger partial charge in [0.15, 0.2) is 0 Å². The first-order chi connectivity index (χ1) is 7.75. The van der Waals surface area contributed by atoms with Gasteiger partial charge in [-0.2, -0.15) is 0 Å². The zero-order chi connectivity index (χ0) is 11.8. The van der Waals surface area contributed by atoms with Crippen molar-refractivity contribution in [2.45, 2.75) is 6.54 Å². The second-order valence-corrected chi connectivity index (χ2v) is 2.74. The van der Waals surface area contributed by atoms with Crippen LogP contribution in [0.5, 0.6) is 0 Å². The standard InChI is InChI=1S/C7H10N6O3/c8-11-9-3-5-16-6-4-12-7(13(14)15)1-2-10-12/h1-2H,3-6H2. The quantitative estimate of drug-likeness (QED) is 0.173. The molecule has 0 aromatic carbocycles. The summed E-state index contributed by atoms with van der Waals surface area (Å²) in [5, 5.41) is 17.6. The summed E-state index contributed by atoms with van der Waals surface area (Å²) in [5.74, 6) is -0.0707. The molecular formula is C7H10N6O3. The molecule has 86 valence electrons. The van der Waals surface area contributed by atoms with Crippen molar-refractivity contribution < 1.29 is 9.66 Å². The molecule has 0 radical (unpaired) electrons. The highest BCUT2D eigenvalue weighted by Gasteiger charge is 2.12. The number of ether oxygens (including phenoxy) is 1. The number of rotatable bonds is 7. The van der Waals surface area contributed by atoms with Crippen LogP contribution >= 0.6 is 0 Å². The molecule has 0 aliphatic carbocycles. The second-order valence-electron chi connectivity index (χ2n) is 2.74. The number of hydrogen-bond donors (Lipinski definition) is 0. The molecule has 0 spiro atoms. The van der Waals surface area contributed by atoms with E-state index in [1.807, 2.05) is 0 Å². The van der Waals surface area contributed by atoms with Gasteiger partial charge < -0.3 is 14.9 Å². The topological polar surface area (TPSA) is 119 Å². The third-order valence-corrected chi connectivity index (χ3v) is 1.73. The molecule has 0 aliphatic rings. The third-order valence-electron chi connectivity index (χ3n) is 1.73. The van der Waals surface area contributed by atoms with Crippen molar-refractivity contribution >= 4 is 5.82 Å². The molecular weight excluding hydrogens is 216 g/mol. The van der Waals surface area contributed by atoms with Crippen molar-refractivity contribution in [2.75, 3.05) is 19.8 Å². The average Bonchev–Trinajstić information content (AvgIpc) is 2.71. The number of nitro groups is 1. The first kappa shape index (κ1) is 12.0. The van der Waals surface area contributed by atoms with E-state index in [0.717, 1.165) is 0 Å². The van der Waals surface area contributed by atoms with Gasteiger partial charge >= 0.3 is 5.82 Å². The molecule has 1 aromatic heterocycles. The molecule has 0 unspecified atom stereocenters. The van der Waals surface area contributed by atoms with Gasteiger partial charge in [-0.05, 0) is 10.5 Å². The van der Waals surface area contributed by atoms with E-state index in [9.17, 15) is 10.1 Å². The van der Waals surface area contributed by atoms with Crippen molar-refractivity contribution in [1.29, 1.82) is 0 Å². The summed E-state index contributed by atoms with van der Waals surface area (Å²) in [5.41, 5.74) is 7.98. The van der Waals surface area contributed by atoms with Crippen molar-refractivity contribution in [2.24, 2.45) is 5.11 Å². The zero-order valence-corrected chi connectivity index (χ0v) is 8.39. The van der Waals surface area contributed by atoms with Gasteiger partial charge in [0.25, 0.3) is 0 Å². The van der Waals surface area contributed by atoms with E-state index in [2.05, 4.69) is 15.1 Å². The van der Waals surface area contributed by atoms with Crippen LogP contribution in [-0.4, -0.2) is 34.5 Å². The smallest absolute Gasteiger partial charge is 0.344 e. The molecule has 9 heteroatoms. The van der Waals surface area contributed by atoms with Gasteiger partial charge in [-0.15, -0.1) is 4.68 Å². The molecule has 0 saturated heterocycles. The molecule has 9 nitrogen and oxygen atoms in total. The maximum Gasteiger partial charge on any atom is 0.344 e. The highest BCUT2D eigenvalue weighted by atomic mass is 16.6. The minimum Gasteiger partial charge on any atom is -0.377 e. The van der Waals surface area contributed by atoms with Crippen LogP contribution < -0.4 is 0 Å². The predicted octanol–water partition coefficient (Wildman–Crippen LogP) is 1.12. The molecule has 0 atom stereocenters. The average molecular weight is 226 g/mol. The molecule has 0 fully saturated rings. The van der Waals surface area contributed by atoms with E-state index in [0.29, 0.717) is 13.2 Å². The lowest BCUT2D eigenvalue weighted by Gasteiger charge is -2.00. The fourth-order valence-electron chi connectivity index (χ4n) is 1.06. The van der Waals surface area contributed by atoms with Crippen molar-refractivity contribution in [3.8, 4) is 0 Å². The van der Waals surface area contributed by atoms with E-state index in [4.69, 9.17) is 10.3 Å². The lowest BCUT2D eigenvalue weighted by Crippen LogP contribution is -2.11. The SMILES string of the molecule is [N-]=[N+]=NCCOCCn1nccc1[N+](=O)[O-].